The third-order valence-electron chi connectivity index (χ3n) is 9.65. The lowest BCUT2D eigenvalue weighted by molar-refractivity contribution is -0.116. The van der Waals surface area contributed by atoms with Gasteiger partial charge in [0.1, 0.15) is 17.8 Å². The second-order valence-corrected chi connectivity index (χ2v) is 15.6. The molecule has 3 aromatic heterocycles. The van der Waals surface area contributed by atoms with Crippen molar-refractivity contribution in [2.75, 3.05) is 31.6 Å². The smallest absolute Gasteiger partial charge is 0.310 e. The van der Waals surface area contributed by atoms with Gasteiger partial charge in [0.25, 0.3) is 11.5 Å². The molecule has 272 valence electrons. The third kappa shape index (κ3) is 6.31. The van der Waals surface area contributed by atoms with Crippen LogP contribution in [0.25, 0.3) is 11.4 Å². The molecule has 1 spiro atoms. The topological polar surface area (TPSA) is 157 Å². The van der Waals surface area contributed by atoms with Crippen LogP contribution in [0, 0.1) is 6.92 Å². The number of carbonyl (C=O) groups excluding carboxylic acids is 2. The van der Waals surface area contributed by atoms with E-state index in [2.05, 4.69) is 25.4 Å². The predicted molar refractivity (Wildman–Crippen MR) is 176 cm³/mol. The Kier molecular flexibility index (Phi) is 7.81. The minimum absolute atomic E-state index is 0.0536. The number of fused-ring (bicyclic) bond motifs is 3. The first-order chi connectivity index (χ1) is 23.8. The van der Waals surface area contributed by atoms with Crippen LogP contribution in [0.3, 0.4) is 0 Å². The number of hydrogen-bond acceptors (Lipinski definition) is 9. The lowest BCUT2D eigenvalue weighted by atomic mass is 9.74. The molecule has 1 aromatic carbocycles. The molecule has 13 nitrogen and oxygen atoms in total. The van der Waals surface area contributed by atoms with E-state index < -0.39 is 49.5 Å². The Morgan fingerprint density at radius 3 is 2.51 bits per heavy atom. The van der Waals surface area contributed by atoms with Gasteiger partial charge in [0.05, 0.1) is 29.6 Å². The number of nitrogens with one attached hydrogen (secondary N) is 1. The SMILES string of the molecule is Cc1ncnc(C(=O)N2CCC3(CCc4c3c(=O)n3nc(C5=CCOCC5)nc3n4CC(=O)Nc3ccc(S(F)(F)(F)(F)F)cc3Cl)CC2)c1O. The van der Waals surface area contributed by atoms with E-state index in [1.165, 1.54) is 10.9 Å². The molecular formula is C31H30ClF5N8O5S. The Labute approximate surface area is 290 Å². The first-order valence-corrected chi connectivity index (χ1v) is 18.1. The van der Waals surface area contributed by atoms with Crippen LogP contribution in [-0.4, -0.2) is 77.3 Å². The molecule has 1 saturated heterocycles. The van der Waals surface area contributed by atoms with Gasteiger partial charge in [-0.15, -0.1) is 5.10 Å². The van der Waals surface area contributed by atoms with Gasteiger partial charge in [0.2, 0.25) is 11.7 Å². The van der Waals surface area contributed by atoms with E-state index in [1.807, 2.05) is 0 Å². The standard InChI is InChI=1S/C31H30ClF5N8O5S/c1-17-26(47)25(39-16-38-17)29(49)43-10-8-31(9-11-43)7-4-22-24(31)28(48)45-30(41-27(42-45)18-5-12-50-13-6-18)44(22)15-23(46)40-21-3-2-19(14-20(21)32)51(33,34,35,36)37/h2-3,5,14,16,47H,4,6-13,15H2,1H3,(H,40,46). The molecule has 5 heterocycles. The lowest BCUT2D eigenvalue weighted by Gasteiger charge is -2.40. The Morgan fingerprint density at radius 2 is 1.84 bits per heavy atom. The highest BCUT2D eigenvalue weighted by atomic mass is 35.5. The van der Waals surface area contributed by atoms with Crippen molar-refractivity contribution in [3.8, 4) is 5.75 Å². The van der Waals surface area contributed by atoms with Crippen LogP contribution in [0.4, 0.5) is 25.1 Å². The fraction of sp³-hybridized carbons (Fsp3) is 0.387. The van der Waals surface area contributed by atoms with E-state index in [1.54, 1.807) is 17.9 Å². The van der Waals surface area contributed by atoms with Gasteiger partial charge in [0, 0.05) is 29.8 Å². The van der Waals surface area contributed by atoms with Crippen molar-refractivity contribution in [3.05, 3.63) is 74.4 Å². The average molecular weight is 757 g/mol. The zero-order valence-corrected chi connectivity index (χ0v) is 28.4. The maximum Gasteiger partial charge on any atom is 0.310 e. The number of likely N-dealkylation sites (tertiary alicyclic amines) is 1. The number of aromatic nitrogens is 6. The summed E-state index contributed by atoms with van der Waals surface area (Å²) in [6.45, 7) is 2.29. The monoisotopic (exact) mass is 756 g/mol. The lowest BCUT2D eigenvalue weighted by Crippen LogP contribution is -2.46. The van der Waals surface area contributed by atoms with Crippen molar-refractivity contribution in [1.82, 2.24) is 34.0 Å². The van der Waals surface area contributed by atoms with Crippen LogP contribution in [0.5, 0.6) is 5.75 Å². The number of ether oxygens (including phenoxy) is 1. The molecule has 2 amide bonds. The first kappa shape index (κ1) is 34.8. The fourth-order valence-corrected chi connectivity index (χ4v) is 7.95. The molecule has 3 aliphatic rings. The highest BCUT2D eigenvalue weighted by Gasteiger charge is 2.65. The highest BCUT2D eigenvalue weighted by molar-refractivity contribution is 8.45. The van der Waals surface area contributed by atoms with Crippen molar-refractivity contribution in [1.29, 1.82) is 0 Å². The molecule has 4 aromatic rings. The minimum atomic E-state index is -10.0. The van der Waals surface area contributed by atoms with Gasteiger partial charge < -0.3 is 24.6 Å². The molecular weight excluding hydrogens is 727 g/mol. The number of carbonyl (C=O) groups is 2. The maximum atomic E-state index is 14.3. The van der Waals surface area contributed by atoms with E-state index in [4.69, 9.17) is 16.3 Å². The molecule has 51 heavy (non-hydrogen) atoms. The van der Waals surface area contributed by atoms with Gasteiger partial charge >= 0.3 is 10.2 Å². The number of benzene rings is 1. The molecule has 0 unspecified atom stereocenters. The predicted octanol–water partition coefficient (Wildman–Crippen LogP) is 5.57. The van der Waals surface area contributed by atoms with Crippen molar-refractivity contribution in [2.45, 2.75) is 55.9 Å². The Hall–Kier alpha value is -4.62. The molecule has 1 aliphatic carbocycles. The molecule has 0 radical (unpaired) electrons. The summed E-state index contributed by atoms with van der Waals surface area (Å²) in [7, 11) is -10.0. The highest BCUT2D eigenvalue weighted by Crippen LogP contribution is 3.02. The molecule has 2 aliphatic heterocycles. The summed E-state index contributed by atoms with van der Waals surface area (Å²) in [5, 5.41) is 16.5. The number of rotatable bonds is 6. The average Bonchev–Trinajstić information content (AvgIpc) is 3.68. The number of aryl methyl sites for hydroxylation is 1. The number of anilines is 1. The van der Waals surface area contributed by atoms with Gasteiger partial charge in [-0.25, -0.2) is 9.97 Å². The summed E-state index contributed by atoms with van der Waals surface area (Å²) in [6, 6.07) is 0.867. The van der Waals surface area contributed by atoms with Gasteiger partial charge in [-0.3, -0.25) is 14.4 Å². The summed E-state index contributed by atoms with van der Waals surface area (Å²) >= 11 is 5.92. The maximum absolute atomic E-state index is 14.3. The van der Waals surface area contributed by atoms with Crippen molar-refractivity contribution in [2.24, 2.45) is 0 Å². The summed E-state index contributed by atoms with van der Waals surface area (Å²) < 4.78 is 74.7. The van der Waals surface area contributed by atoms with Crippen LogP contribution in [-0.2, 0) is 27.9 Å². The third-order valence-corrected chi connectivity index (χ3v) is 11.1. The van der Waals surface area contributed by atoms with E-state index in [0.717, 1.165) is 10.1 Å². The quantitative estimate of drug-likeness (QED) is 0.240. The Balaban J connectivity index is 1.23. The zero-order valence-electron chi connectivity index (χ0n) is 26.8. The largest absolute Gasteiger partial charge is 0.504 e. The van der Waals surface area contributed by atoms with Gasteiger partial charge in [-0.05, 0) is 62.8 Å². The van der Waals surface area contributed by atoms with Gasteiger partial charge in [-0.1, -0.05) is 37.1 Å². The second kappa shape index (κ2) is 11.4. The Bertz CT molecular complexity index is 2240. The van der Waals surface area contributed by atoms with Crippen LogP contribution >= 0.6 is 21.8 Å². The van der Waals surface area contributed by atoms with Gasteiger partial charge in [-0.2, -0.15) is 9.50 Å². The van der Waals surface area contributed by atoms with Gasteiger partial charge in [0.15, 0.2) is 17.3 Å². The molecule has 0 saturated carbocycles. The zero-order chi connectivity index (χ0) is 36.6. The minimum Gasteiger partial charge on any atom is -0.504 e. The molecule has 7 rings (SSSR count). The van der Waals surface area contributed by atoms with E-state index in [-0.39, 0.29) is 59.6 Å². The molecule has 0 atom stereocenters. The molecule has 20 heteroatoms. The van der Waals surface area contributed by atoms with Crippen molar-refractivity contribution >= 4 is 50.7 Å². The normalized spacial score (nSPS) is 18.6. The summed E-state index contributed by atoms with van der Waals surface area (Å²) in [5.74, 6) is -1.25. The van der Waals surface area contributed by atoms with Crippen molar-refractivity contribution in [3.63, 3.8) is 0 Å². The summed E-state index contributed by atoms with van der Waals surface area (Å²) in [5.41, 5.74) is 0.330. The Morgan fingerprint density at radius 1 is 1.10 bits per heavy atom. The summed E-state index contributed by atoms with van der Waals surface area (Å²) in [6.07, 6.45) is 5.07. The van der Waals surface area contributed by atoms with E-state index in [0.29, 0.717) is 62.6 Å². The number of aromatic hydroxyl groups is 1. The first-order valence-electron chi connectivity index (χ1n) is 15.8. The molecule has 1 fully saturated rings. The number of halogens is 6. The number of hydrogen-bond donors (Lipinski definition) is 2. The van der Waals surface area contributed by atoms with Crippen LogP contribution in [0.15, 0.2) is 40.3 Å². The van der Waals surface area contributed by atoms with Crippen LogP contribution in [0.2, 0.25) is 5.02 Å². The van der Waals surface area contributed by atoms with Crippen LogP contribution in [0.1, 0.15) is 58.9 Å². The second-order valence-electron chi connectivity index (χ2n) is 12.8. The van der Waals surface area contributed by atoms with E-state index >= 15 is 0 Å². The van der Waals surface area contributed by atoms with Crippen molar-refractivity contribution < 1.29 is 38.9 Å². The molecule has 0 bridgehead atoms. The van der Waals surface area contributed by atoms with Crippen LogP contribution < -0.4 is 10.9 Å². The summed E-state index contributed by atoms with van der Waals surface area (Å²) in [4.78, 5) is 52.8. The number of nitrogens with zero attached hydrogens (tertiary/aromatic N) is 7. The van der Waals surface area contributed by atoms with E-state index in [9.17, 15) is 38.9 Å². The molecule has 2 N–H and O–H groups in total. The fourth-order valence-electron chi connectivity index (χ4n) is 6.99. The number of piperidine rings is 1. The number of amides is 2.